The highest BCUT2D eigenvalue weighted by atomic mass is 16.6. The second-order valence-corrected chi connectivity index (χ2v) is 5.55. The molecule has 0 spiro atoms. The summed E-state index contributed by atoms with van der Waals surface area (Å²) in [6.07, 6.45) is 1.36. The predicted molar refractivity (Wildman–Crippen MR) is 74.9 cm³/mol. The van der Waals surface area contributed by atoms with Gasteiger partial charge in [-0.3, -0.25) is 4.57 Å². The maximum absolute atomic E-state index is 12.2. The van der Waals surface area contributed by atoms with Crippen LogP contribution in [-0.4, -0.2) is 23.4 Å². The lowest BCUT2D eigenvalue weighted by atomic mass is 10.1. The molecular formula is C15H19NO3. The van der Waals surface area contributed by atoms with Crippen LogP contribution in [0.4, 0.5) is 4.79 Å². The van der Waals surface area contributed by atoms with Crippen molar-refractivity contribution in [3.8, 4) is 5.75 Å². The summed E-state index contributed by atoms with van der Waals surface area (Å²) in [6, 6.07) is 5.70. The number of fused-ring (bicyclic) bond motifs is 1. The molecule has 0 aliphatic rings. The Balaban J connectivity index is 2.48. The van der Waals surface area contributed by atoms with Crippen molar-refractivity contribution in [1.82, 2.24) is 4.57 Å². The Morgan fingerprint density at radius 2 is 1.95 bits per heavy atom. The monoisotopic (exact) mass is 261 g/mol. The minimum Gasteiger partial charge on any atom is -0.497 e. The molecule has 0 radical (unpaired) electrons. The Hall–Kier alpha value is -1.97. The van der Waals surface area contributed by atoms with Crippen molar-refractivity contribution in [3.63, 3.8) is 0 Å². The highest BCUT2D eigenvalue weighted by Gasteiger charge is 2.19. The van der Waals surface area contributed by atoms with Crippen molar-refractivity contribution < 1.29 is 14.3 Å². The Bertz CT molecular complexity index is 620. The van der Waals surface area contributed by atoms with E-state index in [1.54, 1.807) is 13.3 Å². The van der Waals surface area contributed by atoms with Crippen LogP contribution in [0.5, 0.6) is 5.75 Å². The fourth-order valence-corrected chi connectivity index (χ4v) is 2.04. The lowest BCUT2D eigenvalue weighted by Crippen LogP contribution is -2.26. The molecule has 0 aliphatic heterocycles. The second-order valence-electron chi connectivity index (χ2n) is 5.55. The topological polar surface area (TPSA) is 40.5 Å². The third-order valence-corrected chi connectivity index (χ3v) is 2.77. The molecule has 0 N–H and O–H groups in total. The normalized spacial score (nSPS) is 11.6. The lowest BCUT2D eigenvalue weighted by molar-refractivity contribution is 0.0544. The number of nitrogens with zero attached hydrogens (tertiary/aromatic N) is 1. The van der Waals surface area contributed by atoms with Gasteiger partial charge in [0.1, 0.15) is 11.4 Å². The fraction of sp³-hybridized carbons (Fsp3) is 0.400. The molecule has 0 unspecified atom stereocenters. The molecule has 2 rings (SSSR count). The van der Waals surface area contributed by atoms with Gasteiger partial charge in [0.05, 0.1) is 12.6 Å². The molecule has 0 atom stereocenters. The van der Waals surface area contributed by atoms with Crippen LogP contribution in [0.2, 0.25) is 0 Å². The summed E-state index contributed by atoms with van der Waals surface area (Å²) in [5.74, 6) is 0.784. The van der Waals surface area contributed by atoms with Gasteiger partial charge >= 0.3 is 6.09 Å². The molecule has 4 nitrogen and oxygen atoms in total. The number of ether oxygens (including phenoxy) is 2. The van der Waals surface area contributed by atoms with Crippen LogP contribution >= 0.6 is 0 Å². The first-order chi connectivity index (χ1) is 8.81. The van der Waals surface area contributed by atoms with E-state index in [2.05, 4.69) is 0 Å². The summed E-state index contributed by atoms with van der Waals surface area (Å²) in [5, 5.41) is 0.961. The number of carbonyl (C=O) groups is 1. The van der Waals surface area contributed by atoms with Crippen LogP contribution in [-0.2, 0) is 4.74 Å². The number of hydrogen-bond donors (Lipinski definition) is 0. The number of carbonyl (C=O) groups excluding carboxylic acids is 1. The van der Waals surface area contributed by atoms with E-state index >= 15 is 0 Å². The van der Waals surface area contributed by atoms with Crippen molar-refractivity contribution >= 4 is 17.0 Å². The van der Waals surface area contributed by atoms with Crippen LogP contribution < -0.4 is 4.74 Å². The zero-order valence-electron chi connectivity index (χ0n) is 12.0. The second kappa shape index (κ2) is 4.61. The number of aromatic nitrogens is 1. The number of aryl methyl sites for hydroxylation is 1. The fourth-order valence-electron chi connectivity index (χ4n) is 2.04. The number of hydrogen-bond acceptors (Lipinski definition) is 3. The van der Waals surface area contributed by atoms with Crippen molar-refractivity contribution in [2.24, 2.45) is 0 Å². The van der Waals surface area contributed by atoms with E-state index in [4.69, 9.17) is 9.47 Å². The van der Waals surface area contributed by atoms with Gasteiger partial charge in [0.15, 0.2) is 0 Å². The van der Waals surface area contributed by atoms with Crippen molar-refractivity contribution in [2.45, 2.75) is 33.3 Å². The lowest BCUT2D eigenvalue weighted by Gasteiger charge is -2.20. The average Bonchev–Trinajstić information content (AvgIpc) is 2.70. The minimum atomic E-state index is -0.506. The van der Waals surface area contributed by atoms with E-state index in [0.29, 0.717) is 0 Å². The highest BCUT2D eigenvalue weighted by Crippen LogP contribution is 2.26. The molecule has 0 amide bonds. The third kappa shape index (κ3) is 2.72. The van der Waals surface area contributed by atoms with Crippen molar-refractivity contribution in [1.29, 1.82) is 0 Å². The first-order valence-electron chi connectivity index (χ1n) is 6.21. The van der Waals surface area contributed by atoms with Crippen LogP contribution in [0.15, 0.2) is 24.4 Å². The van der Waals surface area contributed by atoms with Gasteiger partial charge in [0.2, 0.25) is 0 Å². The number of methoxy groups -OCH3 is 1. The minimum absolute atomic E-state index is 0.365. The van der Waals surface area contributed by atoms with E-state index < -0.39 is 5.60 Å². The smallest absolute Gasteiger partial charge is 0.418 e. The molecule has 1 heterocycles. The Kier molecular flexibility index (Phi) is 3.27. The summed E-state index contributed by atoms with van der Waals surface area (Å²) in [7, 11) is 1.63. The Labute approximate surface area is 112 Å². The van der Waals surface area contributed by atoms with Crippen LogP contribution in [0, 0.1) is 6.92 Å². The summed E-state index contributed by atoms with van der Waals surface area (Å²) in [4.78, 5) is 12.2. The van der Waals surface area contributed by atoms with Crippen LogP contribution in [0.25, 0.3) is 10.9 Å². The molecule has 1 aromatic heterocycles. The maximum Gasteiger partial charge on any atom is 0.418 e. The quantitative estimate of drug-likeness (QED) is 0.785. The Morgan fingerprint density at radius 3 is 2.53 bits per heavy atom. The van der Waals surface area contributed by atoms with Gasteiger partial charge in [-0.15, -0.1) is 0 Å². The van der Waals surface area contributed by atoms with Gasteiger partial charge in [-0.1, -0.05) is 0 Å². The van der Waals surface area contributed by atoms with Gasteiger partial charge < -0.3 is 9.47 Å². The van der Waals surface area contributed by atoms with Crippen LogP contribution in [0.1, 0.15) is 26.3 Å². The molecule has 0 bridgehead atoms. The molecule has 19 heavy (non-hydrogen) atoms. The van der Waals surface area contributed by atoms with Crippen molar-refractivity contribution in [3.05, 3.63) is 30.0 Å². The van der Waals surface area contributed by atoms with Gasteiger partial charge in [-0.2, -0.15) is 0 Å². The molecule has 4 heteroatoms. The molecule has 0 saturated heterocycles. The van der Waals surface area contributed by atoms with E-state index in [0.717, 1.165) is 22.2 Å². The SMILES string of the molecule is COc1cc(C)c2c(ccn2C(=O)OC(C)(C)C)c1. The molecule has 2 aromatic rings. The first kappa shape index (κ1) is 13.5. The standard InChI is InChI=1S/C15H19NO3/c1-10-8-12(18-5)9-11-6-7-16(13(10)11)14(17)19-15(2,3)4/h6-9H,1-5H3. The van der Waals surface area contributed by atoms with E-state index in [9.17, 15) is 4.79 Å². The van der Waals surface area contributed by atoms with Crippen LogP contribution in [0.3, 0.4) is 0 Å². The highest BCUT2D eigenvalue weighted by molar-refractivity contribution is 5.92. The summed E-state index contributed by atoms with van der Waals surface area (Å²) in [5.41, 5.74) is 1.33. The molecule has 1 aromatic carbocycles. The van der Waals surface area contributed by atoms with Crippen molar-refractivity contribution in [2.75, 3.05) is 7.11 Å². The zero-order chi connectivity index (χ0) is 14.2. The number of rotatable bonds is 1. The molecular weight excluding hydrogens is 242 g/mol. The predicted octanol–water partition coefficient (Wildman–Crippen LogP) is 3.74. The number of benzene rings is 1. The van der Waals surface area contributed by atoms with E-state index in [1.807, 2.05) is 45.9 Å². The summed E-state index contributed by atoms with van der Waals surface area (Å²) < 4.78 is 12.2. The first-order valence-corrected chi connectivity index (χ1v) is 6.21. The largest absolute Gasteiger partial charge is 0.497 e. The molecule has 0 saturated carbocycles. The maximum atomic E-state index is 12.2. The van der Waals surface area contributed by atoms with Gasteiger partial charge in [0.25, 0.3) is 0 Å². The average molecular weight is 261 g/mol. The van der Waals surface area contributed by atoms with Gasteiger partial charge in [-0.05, 0) is 51.5 Å². The third-order valence-electron chi connectivity index (χ3n) is 2.77. The van der Waals surface area contributed by atoms with E-state index in [-0.39, 0.29) is 6.09 Å². The molecule has 102 valence electrons. The van der Waals surface area contributed by atoms with Gasteiger partial charge in [-0.25, -0.2) is 4.79 Å². The molecule has 0 aliphatic carbocycles. The summed E-state index contributed by atoms with van der Waals surface area (Å²) in [6.45, 7) is 7.51. The summed E-state index contributed by atoms with van der Waals surface area (Å²) >= 11 is 0. The zero-order valence-corrected chi connectivity index (χ0v) is 12.0. The Morgan fingerprint density at radius 1 is 1.26 bits per heavy atom. The van der Waals surface area contributed by atoms with E-state index in [1.165, 1.54) is 4.57 Å². The molecule has 0 fully saturated rings. The van der Waals surface area contributed by atoms with Gasteiger partial charge in [0, 0.05) is 11.6 Å².